The second-order valence-electron chi connectivity index (χ2n) is 6.00. The van der Waals surface area contributed by atoms with Crippen molar-refractivity contribution in [3.05, 3.63) is 84.2 Å². The molecule has 0 aliphatic carbocycles. The number of H-pyrrole nitrogens is 1. The van der Waals surface area contributed by atoms with Gasteiger partial charge in [0, 0.05) is 5.69 Å². The number of imidazole rings is 1. The van der Waals surface area contributed by atoms with Gasteiger partial charge in [0.25, 0.3) is 0 Å². The highest BCUT2D eigenvalue weighted by Gasteiger charge is 2.03. The number of hydrogen-bond donors (Lipinski definition) is 2. The lowest BCUT2D eigenvalue weighted by Crippen LogP contribution is -2.00. The van der Waals surface area contributed by atoms with Crippen LogP contribution in [-0.4, -0.2) is 9.97 Å². The first-order valence-corrected chi connectivity index (χ1v) is 8.28. The Bertz CT molecular complexity index is 975. The second kappa shape index (κ2) is 6.69. The lowest BCUT2D eigenvalue weighted by Gasteiger charge is -2.08. The van der Waals surface area contributed by atoms with Gasteiger partial charge in [-0.15, -0.1) is 0 Å². The molecule has 3 aromatic carbocycles. The van der Waals surface area contributed by atoms with E-state index in [9.17, 15) is 0 Å². The Kier molecular flexibility index (Phi) is 4.09. The summed E-state index contributed by atoms with van der Waals surface area (Å²) in [7, 11) is 0. The van der Waals surface area contributed by atoms with Gasteiger partial charge in [0.05, 0.1) is 17.6 Å². The minimum atomic E-state index is 0.645. The van der Waals surface area contributed by atoms with Gasteiger partial charge in [-0.05, 0) is 61.0 Å². The largest absolute Gasteiger partial charge is 0.457 e. The topological polar surface area (TPSA) is 49.9 Å². The Hall–Kier alpha value is -3.27. The first-order valence-electron chi connectivity index (χ1n) is 8.28. The molecular formula is C21H19N3O. The van der Waals surface area contributed by atoms with Crippen LogP contribution in [0.25, 0.3) is 11.0 Å². The fourth-order valence-electron chi connectivity index (χ4n) is 2.71. The van der Waals surface area contributed by atoms with Crippen molar-refractivity contribution in [2.75, 3.05) is 5.32 Å². The number of benzene rings is 3. The first-order chi connectivity index (χ1) is 12.3. The van der Waals surface area contributed by atoms with Crippen LogP contribution in [-0.2, 0) is 6.54 Å². The average Bonchev–Trinajstić information content (AvgIpc) is 3.04. The average molecular weight is 329 g/mol. The van der Waals surface area contributed by atoms with E-state index in [1.807, 2.05) is 60.7 Å². The van der Waals surface area contributed by atoms with Gasteiger partial charge in [-0.1, -0.05) is 24.3 Å². The van der Waals surface area contributed by atoms with Crippen molar-refractivity contribution in [3.8, 4) is 11.5 Å². The van der Waals surface area contributed by atoms with Crippen LogP contribution in [0.15, 0.2) is 72.8 Å². The van der Waals surface area contributed by atoms with Crippen LogP contribution in [0, 0.1) is 6.92 Å². The number of rotatable bonds is 5. The van der Waals surface area contributed by atoms with E-state index in [1.54, 1.807) is 0 Å². The summed E-state index contributed by atoms with van der Waals surface area (Å²) in [4.78, 5) is 7.95. The molecule has 4 nitrogen and oxygen atoms in total. The molecule has 0 radical (unpaired) electrons. The molecule has 0 atom stereocenters. The highest BCUT2D eigenvalue weighted by Crippen LogP contribution is 2.23. The molecule has 0 unspecified atom stereocenters. The summed E-state index contributed by atoms with van der Waals surface area (Å²) < 4.78 is 5.80. The minimum Gasteiger partial charge on any atom is -0.457 e. The molecule has 0 aliphatic heterocycles. The predicted molar refractivity (Wildman–Crippen MR) is 101 cm³/mol. The van der Waals surface area contributed by atoms with Gasteiger partial charge in [-0.25, -0.2) is 4.98 Å². The molecule has 0 saturated heterocycles. The Morgan fingerprint density at radius 1 is 0.920 bits per heavy atom. The molecule has 0 spiro atoms. The Morgan fingerprint density at radius 3 is 2.48 bits per heavy atom. The van der Waals surface area contributed by atoms with Gasteiger partial charge in [-0.2, -0.15) is 0 Å². The van der Waals surface area contributed by atoms with Gasteiger partial charge in [-0.3, -0.25) is 0 Å². The van der Waals surface area contributed by atoms with Crippen molar-refractivity contribution in [2.45, 2.75) is 13.5 Å². The Balaban J connectivity index is 1.40. The standard InChI is InChI=1S/C21H19N3O/c1-15-7-12-19-20(13-15)24-21(23-19)14-22-16-8-10-18(11-9-16)25-17-5-3-2-4-6-17/h2-13,22H,14H2,1H3,(H,23,24). The molecule has 1 heterocycles. The Labute approximate surface area is 146 Å². The maximum Gasteiger partial charge on any atom is 0.127 e. The Morgan fingerprint density at radius 2 is 1.68 bits per heavy atom. The van der Waals surface area contributed by atoms with E-state index in [1.165, 1.54) is 5.56 Å². The zero-order valence-electron chi connectivity index (χ0n) is 14.0. The number of aromatic amines is 1. The molecule has 0 fully saturated rings. The van der Waals surface area contributed by atoms with E-state index in [0.29, 0.717) is 6.54 Å². The smallest absolute Gasteiger partial charge is 0.127 e. The maximum atomic E-state index is 5.80. The van der Waals surface area contributed by atoms with Gasteiger partial charge in [0.2, 0.25) is 0 Å². The lowest BCUT2D eigenvalue weighted by atomic mass is 10.2. The first kappa shape index (κ1) is 15.3. The zero-order valence-corrected chi connectivity index (χ0v) is 14.0. The zero-order chi connectivity index (χ0) is 17.1. The molecule has 0 amide bonds. The number of fused-ring (bicyclic) bond motifs is 1. The van der Waals surface area contributed by atoms with Gasteiger partial charge in [0.15, 0.2) is 0 Å². The molecule has 25 heavy (non-hydrogen) atoms. The number of anilines is 1. The summed E-state index contributed by atoms with van der Waals surface area (Å²) in [5, 5.41) is 3.38. The van der Waals surface area contributed by atoms with Crippen LogP contribution in [0.2, 0.25) is 0 Å². The van der Waals surface area contributed by atoms with Crippen LogP contribution in [0.3, 0.4) is 0 Å². The lowest BCUT2D eigenvalue weighted by molar-refractivity contribution is 0.483. The predicted octanol–water partition coefficient (Wildman–Crippen LogP) is 5.28. The van der Waals surface area contributed by atoms with E-state index in [4.69, 9.17) is 4.74 Å². The summed E-state index contributed by atoms with van der Waals surface area (Å²) in [5.41, 5.74) is 4.32. The number of nitrogens with zero attached hydrogens (tertiary/aromatic N) is 1. The molecule has 2 N–H and O–H groups in total. The summed E-state index contributed by atoms with van der Waals surface area (Å²) in [6, 6.07) is 23.9. The summed E-state index contributed by atoms with van der Waals surface area (Å²) in [6.07, 6.45) is 0. The third-order valence-corrected chi connectivity index (χ3v) is 3.98. The number of para-hydroxylation sites is 1. The number of hydrogen-bond acceptors (Lipinski definition) is 3. The molecule has 4 rings (SSSR count). The minimum absolute atomic E-state index is 0.645. The molecule has 124 valence electrons. The second-order valence-corrected chi connectivity index (χ2v) is 6.00. The van der Waals surface area contributed by atoms with Gasteiger partial charge >= 0.3 is 0 Å². The van der Waals surface area contributed by atoms with Crippen LogP contribution >= 0.6 is 0 Å². The van der Waals surface area contributed by atoms with Crippen LogP contribution in [0.1, 0.15) is 11.4 Å². The van der Waals surface area contributed by atoms with Gasteiger partial charge < -0.3 is 15.0 Å². The number of aromatic nitrogens is 2. The normalized spacial score (nSPS) is 10.8. The van der Waals surface area contributed by atoms with E-state index < -0.39 is 0 Å². The van der Waals surface area contributed by atoms with Crippen molar-refractivity contribution >= 4 is 16.7 Å². The molecule has 4 heteroatoms. The number of ether oxygens (including phenoxy) is 1. The highest BCUT2D eigenvalue weighted by atomic mass is 16.5. The van der Waals surface area contributed by atoms with Crippen molar-refractivity contribution in [3.63, 3.8) is 0 Å². The molecule has 4 aromatic rings. The quantitative estimate of drug-likeness (QED) is 0.524. The SMILES string of the molecule is Cc1ccc2nc(CNc3ccc(Oc4ccccc4)cc3)[nH]c2c1. The van der Waals surface area contributed by atoms with E-state index >= 15 is 0 Å². The van der Waals surface area contributed by atoms with E-state index in [-0.39, 0.29) is 0 Å². The molecular weight excluding hydrogens is 310 g/mol. The van der Waals surface area contributed by atoms with Crippen molar-refractivity contribution in [1.82, 2.24) is 9.97 Å². The molecule has 1 aromatic heterocycles. The fourth-order valence-corrected chi connectivity index (χ4v) is 2.71. The van der Waals surface area contributed by atoms with Crippen LogP contribution < -0.4 is 10.1 Å². The van der Waals surface area contributed by atoms with Crippen LogP contribution in [0.5, 0.6) is 11.5 Å². The molecule has 0 aliphatic rings. The van der Waals surface area contributed by atoms with Crippen molar-refractivity contribution in [1.29, 1.82) is 0 Å². The van der Waals surface area contributed by atoms with Crippen LogP contribution in [0.4, 0.5) is 5.69 Å². The van der Waals surface area contributed by atoms with E-state index in [0.717, 1.165) is 34.0 Å². The monoisotopic (exact) mass is 329 g/mol. The summed E-state index contributed by atoms with van der Waals surface area (Å²) in [5.74, 6) is 2.57. The molecule has 0 saturated carbocycles. The molecule has 0 bridgehead atoms. The van der Waals surface area contributed by atoms with Crippen molar-refractivity contribution < 1.29 is 4.74 Å². The maximum absolute atomic E-state index is 5.80. The number of aryl methyl sites for hydroxylation is 1. The highest BCUT2D eigenvalue weighted by molar-refractivity contribution is 5.75. The fraction of sp³-hybridized carbons (Fsp3) is 0.0952. The summed E-state index contributed by atoms with van der Waals surface area (Å²) >= 11 is 0. The van der Waals surface area contributed by atoms with Crippen molar-refractivity contribution in [2.24, 2.45) is 0 Å². The third-order valence-electron chi connectivity index (χ3n) is 3.98. The van der Waals surface area contributed by atoms with Gasteiger partial charge in [0.1, 0.15) is 17.3 Å². The number of nitrogens with one attached hydrogen (secondary N) is 2. The third kappa shape index (κ3) is 3.63. The summed E-state index contributed by atoms with van der Waals surface area (Å²) in [6.45, 7) is 2.73. The van der Waals surface area contributed by atoms with E-state index in [2.05, 4.69) is 34.3 Å².